The van der Waals surface area contributed by atoms with E-state index in [4.69, 9.17) is 17.2 Å². The summed E-state index contributed by atoms with van der Waals surface area (Å²) in [5, 5.41) is 9.34. The molecule has 0 bridgehead atoms. The van der Waals surface area contributed by atoms with Crippen molar-refractivity contribution in [2.24, 2.45) is 22.2 Å². The van der Waals surface area contributed by atoms with Crippen LogP contribution < -0.4 is 17.2 Å². The number of hydrogen-bond acceptors (Lipinski definition) is 3. The smallest absolute Gasteiger partial charge is 0.220 e. The molecular weight excluding hydrogens is 244 g/mol. The second-order valence-corrected chi connectivity index (χ2v) is 3.83. The average Bonchev–Trinajstić information content (AvgIpc) is 2.14. The van der Waals surface area contributed by atoms with Gasteiger partial charge in [0.25, 0.3) is 0 Å². The normalized spacial score (nSPS) is 11.4. The van der Waals surface area contributed by atoms with Crippen molar-refractivity contribution in [3.8, 4) is 0 Å². The highest BCUT2D eigenvalue weighted by molar-refractivity contribution is 5.85. The van der Waals surface area contributed by atoms with Crippen molar-refractivity contribution in [3.05, 3.63) is 0 Å². The van der Waals surface area contributed by atoms with Crippen LogP contribution in [0.1, 0.15) is 38.5 Å². The Morgan fingerprint density at radius 1 is 1.12 bits per heavy atom. The first-order valence-corrected chi connectivity index (χ1v) is 5.54. The van der Waals surface area contributed by atoms with E-state index in [0.29, 0.717) is 13.0 Å². The number of carbonyl (C=O) groups excluding carboxylic acids is 1. The van der Waals surface area contributed by atoms with E-state index in [2.05, 4.69) is 4.99 Å². The van der Waals surface area contributed by atoms with Gasteiger partial charge in [-0.2, -0.15) is 0 Å². The molecule has 0 spiro atoms. The maximum absolute atomic E-state index is 10.5. The molecule has 0 aromatic rings. The first kappa shape index (κ1) is 18.4. The predicted octanol–water partition coefficient (Wildman–Crippen LogP) is -0.132. The molecule has 102 valence electrons. The van der Waals surface area contributed by atoms with Crippen LogP contribution in [0.5, 0.6) is 0 Å². The van der Waals surface area contributed by atoms with Gasteiger partial charge in [0.2, 0.25) is 5.91 Å². The summed E-state index contributed by atoms with van der Waals surface area (Å²) in [6, 6.07) is 0. The highest BCUT2D eigenvalue weighted by Gasteiger charge is 2.06. The molecule has 1 amide bonds. The largest absolute Gasteiger partial charge is 0.393 e. The van der Waals surface area contributed by atoms with Gasteiger partial charge in [0.1, 0.15) is 0 Å². The summed E-state index contributed by atoms with van der Waals surface area (Å²) in [5.41, 5.74) is 15.3. The van der Waals surface area contributed by atoms with Gasteiger partial charge in [-0.25, -0.2) is 0 Å². The first-order valence-electron chi connectivity index (χ1n) is 5.54. The monoisotopic (exact) mass is 266 g/mol. The number of amides is 1. The fourth-order valence-corrected chi connectivity index (χ4v) is 1.39. The van der Waals surface area contributed by atoms with Crippen LogP contribution in [0.15, 0.2) is 4.99 Å². The third-order valence-electron chi connectivity index (χ3n) is 2.18. The minimum Gasteiger partial charge on any atom is -0.393 e. The fourth-order valence-electron chi connectivity index (χ4n) is 1.39. The molecule has 0 radical (unpaired) electrons. The van der Waals surface area contributed by atoms with Crippen LogP contribution in [-0.4, -0.2) is 29.6 Å². The fraction of sp³-hybridized carbons (Fsp3) is 0.800. The number of unbranched alkanes of at least 4 members (excludes halogenated alkanes) is 3. The number of carbonyl (C=O) groups is 1. The van der Waals surface area contributed by atoms with Crippen LogP contribution in [0.3, 0.4) is 0 Å². The standard InChI is InChI=1S/C10H22N4O2.ClH/c11-9(16)7-8(15)5-3-1-2-4-6-14-10(12)13;/h8,15H,1-7H2,(H2,11,16)(H4,12,13,14);1H. The second-order valence-electron chi connectivity index (χ2n) is 3.83. The summed E-state index contributed by atoms with van der Waals surface area (Å²) in [4.78, 5) is 14.3. The summed E-state index contributed by atoms with van der Waals surface area (Å²) in [5.74, 6) is -0.336. The number of halogens is 1. The molecule has 1 atom stereocenters. The molecule has 0 saturated carbocycles. The number of nitrogens with zero attached hydrogens (tertiary/aromatic N) is 1. The lowest BCUT2D eigenvalue weighted by Gasteiger charge is -2.07. The number of aliphatic hydroxyl groups excluding tert-OH is 1. The Kier molecular flexibility index (Phi) is 12.4. The van der Waals surface area contributed by atoms with Gasteiger partial charge in [0.15, 0.2) is 5.96 Å². The molecule has 0 saturated heterocycles. The molecule has 0 aromatic carbocycles. The van der Waals surface area contributed by atoms with Crippen LogP contribution in [0.25, 0.3) is 0 Å². The molecule has 0 aliphatic carbocycles. The Bertz CT molecular complexity index is 232. The molecule has 17 heavy (non-hydrogen) atoms. The molecule has 6 nitrogen and oxygen atoms in total. The van der Waals surface area contributed by atoms with Crippen molar-refractivity contribution in [2.75, 3.05) is 6.54 Å². The first-order chi connectivity index (χ1) is 7.52. The number of nitrogens with two attached hydrogens (primary N) is 3. The number of guanidine groups is 1. The third kappa shape index (κ3) is 15.0. The molecule has 1 unspecified atom stereocenters. The number of hydrogen-bond donors (Lipinski definition) is 4. The number of primary amides is 1. The Labute approximate surface area is 108 Å². The summed E-state index contributed by atoms with van der Waals surface area (Å²) in [7, 11) is 0. The van der Waals surface area contributed by atoms with E-state index in [1.54, 1.807) is 0 Å². The maximum atomic E-state index is 10.5. The van der Waals surface area contributed by atoms with Crippen molar-refractivity contribution < 1.29 is 9.90 Å². The van der Waals surface area contributed by atoms with Gasteiger partial charge in [0, 0.05) is 6.54 Å². The SMILES string of the molecule is Cl.NC(=O)CC(O)CCCCCCN=C(N)N. The maximum Gasteiger partial charge on any atom is 0.220 e. The van der Waals surface area contributed by atoms with Crippen LogP contribution in [0.2, 0.25) is 0 Å². The van der Waals surface area contributed by atoms with Gasteiger partial charge in [-0.3, -0.25) is 9.79 Å². The van der Waals surface area contributed by atoms with Gasteiger partial charge >= 0.3 is 0 Å². The molecule has 0 aliphatic rings. The average molecular weight is 267 g/mol. The minimum atomic E-state index is -0.602. The highest BCUT2D eigenvalue weighted by atomic mass is 35.5. The molecule has 7 N–H and O–H groups in total. The highest BCUT2D eigenvalue weighted by Crippen LogP contribution is 2.07. The molecule has 7 heteroatoms. The Balaban J connectivity index is 0. The van der Waals surface area contributed by atoms with Crippen LogP contribution >= 0.6 is 12.4 Å². The number of aliphatic hydroxyl groups is 1. The molecule has 0 fully saturated rings. The van der Waals surface area contributed by atoms with Gasteiger partial charge in [-0.15, -0.1) is 12.4 Å². The van der Waals surface area contributed by atoms with Crippen molar-refractivity contribution >= 4 is 24.3 Å². The minimum absolute atomic E-state index is 0. The van der Waals surface area contributed by atoms with Gasteiger partial charge in [-0.1, -0.05) is 19.3 Å². The Hall–Kier alpha value is -1.01. The predicted molar refractivity (Wildman–Crippen MR) is 70.8 cm³/mol. The van der Waals surface area contributed by atoms with Crippen LogP contribution in [-0.2, 0) is 4.79 Å². The summed E-state index contributed by atoms with van der Waals surface area (Å²) in [6.45, 7) is 0.645. The van der Waals surface area contributed by atoms with E-state index < -0.39 is 12.0 Å². The van der Waals surface area contributed by atoms with E-state index in [9.17, 15) is 9.90 Å². The Morgan fingerprint density at radius 3 is 2.24 bits per heavy atom. The van der Waals surface area contributed by atoms with Crippen molar-refractivity contribution in [2.45, 2.75) is 44.6 Å². The summed E-state index contributed by atoms with van der Waals surface area (Å²) >= 11 is 0. The van der Waals surface area contributed by atoms with Crippen LogP contribution in [0, 0.1) is 0 Å². The lowest BCUT2D eigenvalue weighted by molar-refractivity contribution is -0.119. The van der Waals surface area contributed by atoms with Crippen molar-refractivity contribution in [1.82, 2.24) is 0 Å². The number of aliphatic imine (C=N–C) groups is 1. The van der Waals surface area contributed by atoms with Gasteiger partial charge in [-0.05, 0) is 12.8 Å². The topological polar surface area (TPSA) is 128 Å². The second kappa shape index (κ2) is 11.5. The molecule has 0 heterocycles. The lowest BCUT2D eigenvalue weighted by Crippen LogP contribution is -2.22. The lowest BCUT2D eigenvalue weighted by atomic mass is 10.1. The molecule has 0 aliphatic heterocycles. The van der Waals surface area contributed by atoms with E-state index in [-0.39, 0.29) is 24.8 Å². The van der Waals surface area contributed by atoms with Gasteiger partial charge < -0.3 is 22.3 Å². The molecule has 0 aromatic heterocycles. The van der Waals surface area contributed by atoms with Crippen molar-refractivity contribution in [1.29, 1.82) is 0 Å². The summed E-state index contributed by atoms with van der Waals surface area (Å²) in [6.07, 6.45) is 3.89. The zero-order valence-electron chi connectivity index (χ0n) is 9.97. The van der Waals surface area contributed by atoms with Crippen molar-refractivity contribution in [3.63, 3.8) is 0 Å². The molecular formula is C10H23ClN4O2. The third-order valence-corrected chi connectivity index (χ3v) is 2.18. The Morgan fingerprint density at radius 2 is 1.71 bits per heavy atom. The van der Waals surface area contributed by atoms with Crippen LogP contribution in [0.4, 0.5) is 0 Å². The van der Waals surface area contributed by atoms with Gasteiger partial charge in [0.05, 0.1) is 12.5 Å². The molecule has 0 rings (SSSR count). The van der Waals surface area contributed by atoms with E-state index in [1.165, 1.54) is 0 Å². The zero-order chi connectivity index (χ0) is 12.4. The zero-order valence-corrected chi connectivity index (χ0v) is 10.8. The quantitative estimate of drug-likeness (QED) is 0.263. The van der Waals surface area contributed by atoms with E-state index in [1.807, 2.05) is 0 Å². The number of rotatable bonds is 9. The van der Waals surface area contributed by atoms with E-state index in [0.717, 1.165) is 25.7 Å². The summed E-state index contributed by atoms with van der Waals surface area (Å²) < 4.78 is 0. The van der Waals surface area contributed by atoms with E-state index >= 15 is 0 Å².